The van der Waals surface area contributed by atoms with Gasteiger partial charge in [0.05, 0.1) is 13.2 Å². The van der Waals surface area contributed by atoms with Gasteiger partial charge in [-0.15, -0.1) is 0 Å². The second kappa shape index (κ2) is 35.5. The maximum Gasteiger partial charge on any atom is 0.306 e. The van der Waals surface area contributed by atoms with E-state index in [1.165, 1.54) is 0 Å². The lowest BCUT2D eigenvalue weighted by Gasteiger charge is -2.39. The number of aliphatic hydroxyl groups is 4. The molecule has 55 heavy (non-hydrogen) atoms. The monoisotopic (exact) mass is 775 g/mol. The summed E-state index contributed by atoms with van der Waals surface area (Å²) in [5.41, 5.74) is 0. The van der Waals surface area contributed by atoms with Crippen molar-refractivity contribution in [1.82, 2.24) is 0 Å². The summed E-state index contributed by atoms with van der Waals surface area (Å²) in [6.45, 7) is 3.14. The van der Waals surface area contributed by atoms with Crippen LogP contribution in [0.15, 0.2) is 72.9 Å². The summed E-state index contributed by atoms with van der Waals surface area (Å²) in [4.78, 5) is 25.3. The standard InChI is InChI=1S/C45H74O10/c1-3-5-7-9-11-13-15-17-19-21-23-25-27-29-31-33-40(47)52-36-38(37-53-45-44(51)43(50)42(49)39(35-46)55-45)54-41(48)34-32-30-28-26-24-22-20-18-16-14-12-10-8-6-4-2/h5-8,11-14,17-20,38-39,42-46,49-51H,3-4,9-10,15-16,21-37H2,1-2H3/t38?,39-,42+,43+,44+,45-/m1/s1. The SMILES string of the molecule is CCC=CCC=CCC=CCCCCCCCC(=O)OCC(CO[C@@H]1O[C@H](CO)[C@H](O)[C@H](O)[C@@H]1O)OC(=O)CCCCCCCC=CCC=CCC=CCC. The quantitative estimate of drug-likeness (QED) is 0.0291. The molecule has 0 aromatic carbocycles. The van der Waals surface area contributed by atoms with E-state index >= 15 is 0 Å². The minimum absolute atomic E-state index is 0.202. The van der Waals surface area contributed by atoms with E-state index in [1.54, 1.807) is 0 Å². The van der Waals surface area contributed by atoms with Crippen LogP contribution in [0.4, 0.5) is 0 Å². The van der Waals surface area contributed by atoms with Crippen molar-refractivity contribution in [3.05, 3.63) is 72.9 Å². The van der Waals surface area contributed by atoms with Gasteiger partial charge in [-0.25, -0.2) is 0 Å². The van der Waals surface area contributed by atoms with Crippen LogP contribution in [0, 0.1) is 0 Å². The van der Waals surface area contributed by atoms with E-state index in [4.69, 9.17) is 18.9 Å². The van der Waals surface area contributed by atoms with E-state index in [0.717, 1.165) is 103 Å². The Bertz CT molecular complexity index is 1120. The minimum Gasteiger partial charge on any atom is -0.462 e. The number of esters is 2. The molecule has 4 N–H and O–H groups in total. The first-order chi connectivity index (χ1) is 26.8. The molecule has 0 saturated carbocycles. The van der Waals surface area contributed by atoms with Gasteiger partial charge in [-0.3, -0.25) is 9.59 Å². The molecule has 1 aliphatic rings. The van der Waals surface area contributed by atoms with Crippen LogP contribution in [-0.4, -0.2) is 89.0 Å². The molecule has 0 spiro atoms. The molecule has 1 fully saturated rings. The van der Waals surface area contributed by atoms with Gasteiger partial charge in [-0.1, -0.05) is 125 Å². The average Bonchev–Trinajstić information content (AvgIpc) is 3.18. The lowest BCUT2D eigenvalue weighted by Crippen LogP contribution is -2.59. The van der Waals surface area contributed by atoms with Crippen molar-refractivity contribution in [3.63, 3.8) is 0 Å². The first kappa shape index (κ1) is 50.2. The number of hydrogen-bond acceptors (Lipinski definition) is 10. The van der Waals surface area contributed by atoms with Crippen molar-refractivity contribution in [2.24, 2.45) is 0 Å². The van der Waals surface area contributed by atoms with Gasteiger partial charge >= 0.3 is 11.9 Å². The minimum atomic E-state index is -1.60. The highest BCUT2D eigenvalue weighted by atomic mass is 16.7. The van der Waals surface area contributed by atoms with Crippen molar-refractivity contribution >= 4 is 11.9 Å². The number of unbranched alkanes of at least 4 members (excludes halogenated alkanes) is 10. The second-order valence-electron chi connectivity index (χ2n) is 14.0. The topological polar surface area (TPSA) is 152 Å². The predicted molar refractivity (Wildman–Crippen MR) is 219 cm³/mol. The third-order valence-corrected chi connectivity index (χ3v) is 9.09. The van der Waals surface area contributed by atoms with Gasteiger partial charge in [0.25, 0.3) is 0 Å². The van der Waals surface area contributed by atoms with Crippen LogP contribution in [-0.2, 0) is 28.5 Å². The maximum absolute atomic E-state index is 12.7. The Morgan fingerprint density at radius 3 is 1.53 bits per heavy atom. The molecule has 1 saturated heterocycles. The van der Waals surface area contributed by atoms with Crippen LogP contribution < -0.4 is 0 Å². The molecule has 1 aliphatic heterocycles. The molecule has 314 valence electrons. The number of aliphatic hydroxyl groups excluding tert-OH is 4. The Hall–Kier alpha value is -2.86. The predicted octanol–water partition coefficient (Wildman–Crippen LogP) is 8.44. The first-order valence-corrected chi connectivity index (χ1v) is 21.0. The van der Waals surface area contributed by atoms with Gasteiger partial charge in [0.15, 0.2) is 12.4 Å². The van der Waals surface area contributed by atoms with E-state index in [9.17, 15) is 30.0 Å². The number of allylic oxidation sites excluding steroid dienone is 12. The van der Waals surface area contributed by atoms with Gasteiger partial charge in [0.2, 0.25) is 0 Å². The molecule has 0 amide bonds. The van der Waals surface area contributed by atoms with Crippen molar-refractivity contribution in [2.45, 2.75) is 179 Å². The number of hydrogen-bond donors (Lipinski definition) is 4. The van der Waals surface area contributed by atoms with E-state index < -0.39 is 55.4 Å². The summed E-state index contributed by atoms with van der Waals surface area (Å²) in [5.74, 6) is -0.855. The molecule has 0 aliphatic carbocycles. The van der Waals surface area contributed by atoms with Crippen LogP contribution in [0.5, 0.6) is 0 Å². The Morgan fingerprint density at radius 1 is 0.564 bits per heavy atom. The number of carbonyl (C=O) groups excluding carboxylic acids is 2. The molecule has 1 unspecified atom stereocenters. The van der Waals surface area contributed by atoms with Crippen LogP contribution in [0.2, 0.25) is 0 Å². The fourth-order valence-electron chi connectivity index (χ4n) is 5.80. The summed E-state index contributed by atoms with van der Waals surface area (Å²) in [6.07, 6.45) is 36.2. The molecule has 0 radical (unpaired) electrons. The highest BCUT2D eigenvalue weighted by Crippen LogP contribution is 2.22. The Balaban J connectivity index is 2.39. The lowest BCUT2D eigenvalue weighted by molar-refractivity contribution is -0.305. The molecular formula is C45H74O10. The van der Waals surface area contributed by atoms with Gasteiger partial charge < -0.3 is 39.4 Å². The highest BCUT2D eigenvalue weighted by molar-refractivity contribution is 5.70. The molecule has 1 rings (SSSR count). The van der Waals surface area contributed by atoms with E-state index in [0.29, 0.717) is 12.8 Å². The molecule has 0 bridgehead atoms. The number of carbonyl (C=O) groups is 2. The maximum atomic E-state index is 12.7. The van der Waals surface area contributed by atoms with Gasteiger partial charge in [0, 0.05) is 12.8 Å². The molecular weight excluding hydrogens is 700 g/mol. The van der Waals surface area contributed by atoms with Crippen LogP contribution in [0.1, 0.15) is 142 Å². The van der Waals surface area contributed by atoms with Crippen LogP contribution >= 0.6 is 0 Å². The van der Waals surface area contributed by atoms with Crippen LogP contribution in [0.25, 0.3) is 0 Å². The highest BCUT2D eigenvalue weighted by Gasteiger charge is 2.44. The molecule has 6 atom stereocenters. The largest absolute Gasteiger partial charge is 0.462 e. The van der Waals surface area contributed by atoms with Gasteiger partial charge in [-0.2, -0.15) is 0 Å². The molecule has 1 heterocycles. The fraction of sp³-hybridized carbons (Fsp3) is 0.689. The van der Waals surface area contributed by atoms with Crippen molar-refractivity contribution < 1.29 is 49.0 Å². The number of rotatable bonds is 33. The summed E-state index contributed by atoms with van der Waals surface area (Å²) >= 11 is 0. The van der Waals surface area contributed by atoms with Crippen molar-refractivity contribution in [1.29, 1.82) is 0 Å². The fourth-order valence-corrected chi connectivity index (χ4v) is 5.80. The zero-order chi connectivity index (χ0) is 40.2. The summed E-state index contributed by atoms with van der Waals surface area (Å²) in [6, 6.07) is 0. The van der Waals surface area contributed by atoms with E-state index in [1.807, 2.05) is 0 Å². The van der Waals surface area contributed by atoms with Crippen molar-refractivity contribution in [3.8, 4) is 0 Å². The third kappa shape index (κ3) is 27.4. The Morgan fingerprint density at radius 2 is 1.02 bits per heavy atom. The Kier molecular flexibility index (Phi) is 32.4. The smallest absolute Gasteiger partial charge is 0.306 e. The summed E-state index contributed by atoms with van der Waals surface area (Å²) < 4.78 is 22.1. The van der Waals surface area contributed by atoms with Gasteiger partial charge in [-0.05, 0) is 77.0 Å². The molecule has 10 nitrogen and oxygen atoms in total. The zero-order valence-electron chi connectivity index (χ0n) is 33.9. The molecule has 0 aromatic rings. The average molecular weight is 775 g/mol. The second-order valence-corrected chi connectivity index (χ2v) is 14.0. The zero-order valence-corrected chi connectivity index (χ0v) is 33.9. The van der Waals surface area contributed by atoms with Crippen LogP contribution in [0.3, 0.4) is 0 Å². The lowest BCUT2D eigenvalue weighted by atomic mass is 9.99. The summed E-state index contributed by atoms with van der Waals surface area (Å²) in [7, 11) is 0. The molecule has 10 heteroatoms. The Labute approximate surface area is 332 Å². The van der Waals surface area contributed by atoms with E-state index in [-0.39, 0.29) is 26.1 Å². The third-order valence-electron chi connectivity index (χ3n) is 9.09. The normalized spacial score (nSPS) is 21.3. The molecule has 0 aromatic heterocycles. The van der Waals surface area contributed by atoms with Crippen molar-refractivity contribution in [2.75, 3.05) is 19.8 Å². The van der Waals surface area contributed by atoms with E-state index in [2.05, 4.69) is 86.8 Å². The number of ether oxygens (including phenoxy) is 4. The summed E-state index contributed by atoms with van der Waals surface area (Å²) in [5, 5.41) is 40.0. The van der Waals surface area contributed by atoms with Gasteiger partial charge in [0.1, 0.15) is 31.0 Å². The first-order valence-electron chi connectivity index (χ1n) is 21.0.